The lowest BCUT2D eigenvalue weighted by molar-refractivity contribution is 0.560. The Morgan fingerprint density at radius 3 is 2.41 bits per heavy atom. The van der Waals surface area contributed by atoms with Crippen LogP contribution in [-0.2, 0) is 6.42 Å². The van der Waals surface area contributed by atoms with Gasteiger partial charge in [-0.1, -0.05) is 46.5 Å². The van der Waals surface area contributed by atoms with Crippen molar-refractivity contribution in [2.75, 3.05) is 0 Å². The number of unbranched alkanes of at least 4 members (excludes halogenated alkanes) is 3. The van der Waals surface area contributed by atoms with Crippen LogP contribution in [0, 0.1) is 0 Å². The molecule has 0 bridgehead atoms. The van der Waals surface area contributed by atoms with Gasteiger partial charge in [-0.2, -0.15) is 0 Å². The summed E-state index contributed by atoms with van der Waals surface area (Å²) in [5, 5.41) is 2.26. The first-order chi connectivity index (χ1) is 13.3. The fourth-order valence-electron chi connectivity index (χ4n) is 3.58. The van der Waals surface area contributed by atoms with E-state index in [1.165, 1.54) is 76.4 Å². The summed E-state index contributed by atoms with van der Waals surface area (Å²) in [6.07, 6.45) is 10.4. The Morgan fingerprint density at radius 2 is 1.63 bits per heavy atom. The zero-order chi connectivity index (χ0) is 19.1. The van der Waals surface area contributed by atoms with Crippen molar-refractivity contribution in [1.82, 2.24) is 0 Å². The minimum absolute atomic E-state index is 0.737. The van der Waals surface area contributed by atoms with Crippen molar-refractivity contribution in [3.63, 3.8) is 0 Å². The van der Waals surface area contributed by atoms with Crippen molar-refractivity contribution in [3.05, 3.63) is 45.5 Å². The van der Waals surface area contributed by atoms with Crippen LogP contribution < -0.4 is 0 Å². The quantitative estimate of drug-likeness (QED) is 0.273. The molecule has 3 aromatic heterocycles. The molecule has 146 valence electrons. The van der Waals surface area contributed by atoms with Crippen LogP contribution in [0.3, 0.4) is 0 Å². The molecule has 0 amide bonds. The van der Waals surface area contributed by atoms with Crippen LogP contribution in [0.2, 0.25) is 0 Å². The molecule has 0 aromatic carbocycles. The van der Waals surface area contributed by atoms with Gasteiger partial charge in [0.05, 0.1) is 4.88 Å². The Hall–Kier alpha value is -0.900. The summed E-state index contributed by atoms with van der Waals surface area (Å²) in [5.41, 5.74) is 1.43. The van der Waals surface area contributed by atoms with E-state index in [9.17, 15) is 0 Å². The Morgan fingerprint density at radius 1 is 0.815 bits per heavy atom. The zero-order valence-corrected chi connectivity index (χ0v) is 19.4. The van der Waals surface area contributed by atoms with Crippen molar-refractivity contribution in [3.8, 4) is 20.2 Å². The van der Waals surface area contributed by atoms with Crippen molar-refractivity contribution in [2.24, 2.45) is 0 Å². The molecule has 0 saturated heterocycles. The lowest BCUT2D eigenvalue weighted by Crippen LogP contribution is -1.94. The molecule has 3 heteroatoms. The average molecular weight is 417 g/mol. The second kappa shape index (κ2) is 10.6. The van der Waals surface area contributed by atoms with E-state index in [1.54, 1.807) is 4.88 Å². The maximum absolute atomic E-state index is 2.39. The van der Waals surface area contributed by atoms with E-state index in [0.717, 1.165) is 5.92 Å². The van der Waals surface area contributed by atoms with Crippen LogP contribution in [0.5, 0.6) is 0 Å². The Balaban J connectivity index is 1.77. The van der Waals surface area contributed by atoms with Gasteiger partial charge in [-0.25, -0.2) is 0 Å². The van der Waals surface area contributed by atoms with Crippen LogP contribution in [0.25, 0.3) is 20.2 Å². The average Bonchev–Trinajstić information content (AvgIpc) is 3.43. The Bertz CT molecular complexity index is 805. The third-order valence-electron chi connectivity index (χ3n) is 5.27. The van der Waals surface area contributed by atoms with Crippen molar-refractivity contribution >= 4 is 34.0 Å². The summed E-state index contributed by atoms with van der Waals surface area (Å²) in [7, 11) is 0. The molecule has 0 radical (unpaired) electrons. The second-order valence-corrected chi connectivity index (χ2v) is 10.5. The second-order valence-electron chi connectivity index (χ2n) is 7.34. The molecule has 27 heavy (non-hydrogen) atoms. The Labute approximate surface area is 177 Å². The van der Waals surface area contributed by atoms with E-state index in [1.807, 2.05) is 34.0 Å². The van der Waals surface area contributed by atoms with Crippen LogP contribution >= 0.6 is 34.0 Å². The molecule has 3 heterocycles. The van der Waals surface area contributed by atoms with Gasteiger partial charge < -0.3 is 0 Å². The number of hydrogen-bond donors (Lipinski definition) is 0. The van der Waals surface area contributed by atoms with Gasteiger partial charge in [0, 0.05) is 25.1 Å². The molecule has 1 atom stereocenters. The maximum atomic E-state index is 2.39. The highest BCUT2D eigenvalue weighted by Crippen LogP contribution is 2.44. The van der Waals surface area contributed by atoms with Gasteiger partial charge in [-0.3, -0.25) is 0 Å². The maximum Gasteiger partial charge on any atom is 0.0529 e. The normalized spacial score (nSPS) is 12.6. The molecule has 0 fully saturated rings. The monoisotopic (exact) mass is 416 g/mol. The van der Waals surface area contributed by atoms with Crippen molar-refractivity contribution in [1.29, 1.82) is 0 Å². The molecule has 0 saturated carbocycles. The molecule has 3 rings (SSSR count). The first-order valence-electron chi connectivity index (χ1n) is 10.5. The molecule has 0 nitrogen and oxygen atoms in total. The van der Waals surface area contributed by atoms with E-state index in [4.69, 9.17) is 0 Å². The third kappa shape index (κ3) is 5.34. The number of rotatable bonds is 11. The number of thiophene rings is 3. The summed E-state index contributed by atoms with van der Waals surface area (Å²) >= 11 is 5.90. The van der Waals surface area contributed by atoms with Gasteiger partial charge in [0.15, 0.2) is 0 Å². The molecule has 0 aliphatic carbocycles. The highest BCUT2D eigenvalue weighted by molar-refractivity contribution is 7.22. The highest BCUT2D eigenvalue weighted by atomic mass is 32.1. The van der Waals surface area contributed by atoms with E-state index in [0.29, 0.717) is 0 Å². The number of hydrogen-bond acceptors (Lipinski definition) is 3. The lowest BCUT2D eigenvalue weighted by atomic mass is 9.97. The van der Waals surface area contributed by atoms with Crippen molar-refractivity contribution < 1.29 is 0 Å². The SMILES string of the molecule is CCCCCC(CC)c1ccc(-c2sccc2-c2ccc(CCCC)s2)s1. The fourth-order valence-corrected chi connectivity index (χ4v) is 7.01. The van der Waals surface area contributed by atoms with Crippen LogP contribution in [0.4, 0.5) is 0 Å². The van der Waals surface area contributed by atoms with Gasteiger partial charge in [0.2, 0.25) is 0 Å². The van der Waals surface area contributed by atoms with Gasteiger partial charge in [-0.05, 0) is 67.3 Å². The molecule has 0 aliphatic rings. The summed E-state index contributed by atoms with van der Waals surface area (Å²) in [6, 6.07) is 11.7. The van der Waals surface area contributed by atoms with Crippen LogP contribution in [0.15, 0.2) is 35.7 Å². The standard InChI is InChI=1S/C24H32S3/c1-4-7-9-10-18(6-3)21-14-15-23(27-21)24-20(16-17-25-24)22-13-12-19(26-22)11-8-5-2/h12-18H,4-11H2,1-3H3. The van der Waals surface area contributed by atoms with Gasteiger partial charge in [-0.15, -0.1) is 34.0 Å². The molecule has 0 aliphatic heterocycles. The lowest BCUT2D eigenvalue weighted by Gasteiger charge is -2.12. The fraction of sp³-hybridized carbons (Fsp3) is 0.500. The van der Waals surface area contributed by atoms with E-state index in [-0.39, 0.29) is 0 Å². The number of aryl methyl sites for hydroxylation is 1. The molecule has 1 unspecified atom stereocenters. The smallest absolute Gasteiger partial charge is 0.0529 e. The minimum Gasteiger partial charge on any atom is -0.142 e. The summed E-state index contributed by atoms with van der Waals surface area (Å²) in [5.74, 6) is 0.737. The van der Waals surface area contributed by atoms with Crippen LogP contribution in [-0.4, -0.2) is 0 Å². The topological polar surface area (TPSA) is 0 Å². The largest absolute Gasteiger partial charge is 0.142 e. The molecular weight excluding hydrogens is 384 g/mol. The van der Waals surface area contributed by atoms with E-state index in [2.05, 4.69) is 56.5 Å². The van der Waals surface area contributed by atoms with E-state index >= 15 is 0 Å². The summed E-state index contributed by atoms with van der Waals surface area (Å²) < 4.78 is 0. The zero-order valence-electron chi connectivity index (χ0n) is 16.9. The predicted octanol–water partition coefficient (Wildman–Crippen LogP) is 9.62. The first kappa shape index (κ1) is 20.8. The summed E-state index contributed by atoms with van der Waals surface area (Å²) in [4.78, 5) is 7.45. The van der Waals surface area contributed by atoms with Crippen molar-refractivity contribution in [2.45, 2.75) is 78.1 Å². The van der Waals surface area contributed by atoms with Gasteiger partial charge in [0.25, 0.3) is 0 Å². The molecule has 0 N–H and O–H groups in total. The molecule has 3 aromatic rings. The van der Waals surface area contributed by atoms with Crippen LogP contribution in [0.1, 0.15) is 81.4 Å². The first-order valence-corrected chi connectivity index (χ1v) is 13.0. The van der Waals surface area contributed by atoms with Gasteiger partial charge >= 0.3 is 0 Å². The predicted molar refractivity (Wildman–Crippen MR) is 127 cm³/mol. The van der Waals surface area contributed by atoms with Gasteiger partial charge in [0.1, 0.15) is 0 Å². The summed E-state index contributed by atoms with van der Waals surface area (Å²) in [6.45, 7) is 6.91. The molecule has 0 spiro atoms. The highest BCUT2D eigenvalue weighted by Gasteiger charge is 2.16. The Kier molecular flexibility index (Phi) is 8.17. The minimum atomic E-state index is 0.737. The van der Waals surface area contributed by atoms with E-state index < -0.39 is 0 Å². The third-order valence-corrected chi connectivity index (χ3v) is 8.79. The molecular formula is C24H32S3.